The minimum absolute atomic E-state index is 0.242. The predicted octanol–water partition coefficient (Wildman–Crippen LogP) is 0.873. The number of amides is 1. The first-order valence-corrected chi connectivity index (χ1v) is 7.69. The molecule has 1 aliphatic rings. The highest BCUT2D eigenvalue weighted by atomic mass is 16.3. The highest BCUT2D eigenvalue weighted by Crippen LogP contribution is 2.27. The van der Waals surface area contributed by atoms with Crippen LogP contribution in [0.2, 0.25) is 0 Å². The molecule has 1 unspecified atom stereocenters. The number of aromatic nitrogens is 2. The molecule has 1 fully saturated rings. The van der Waals surface area contributed by atoms with Crippen molar-refractivity contribution in [2.75, 3.05) is 13.1 Å². The molecular formula is C15H26N4O2. The van der Waals surface area contributed by atoms with E-state index in [0.717, 1.165) is 49.6 Å². The lowest BCUT2D eigenvalue weighted by Crippen LogP contribution is -2.48. The maximum Gasteiger partial charge on any atom is 0.217 e. The van der Waals surface area contributed by atoms with Gasteiger partial charge in [0.2, 0.25) is 5.91 Å². The monoisotopic (exact) mass is 294 g/mol. The number of rotatable bonds is 6. The van der Waals surface area contributed by atoms with Gasteiger partial charge in [-0.3, -0.25) is 9.69 Å². The lowest BCUT2D eigenvalue weighted by molar-refractivity contribution is -0.120. The second-order valence-electron chi connectivity index (χ2n) is 6.11. The van der Waals surface area contributed by atoms with Crippen molar-refractivity contribution in [3.8, 4) is 0 Å². The molecule has 6 nitrogen and oxygen atoms in total. The number of piperidine rings is 1. The van der Waals surface area contributed by atoms with E-state index >= 15 is 0 Å². The third-order valence-corrected chi connectivity index (χ3v) is 4.21. The van der Waals surface area contributed by atoms with Gasteiger partial charge in [-0.25, -0.2) is 4.98 Å². The number of H-pyrrole nitrogens is 1. The molecular weight excluding hydrogens is 268 g/mol. The zero-order valence-corrected chi connectivity index (χ0v) is 13.0. The summed E-state index contributed by atoms with van der Waals surface area (Å²) in [7, 11) is 0. The summed E-state index contributed by atoms with van der Waals surface area (Å²) in [6, 6.07) is 0. The standard InChI is InChI=1S/C15H26N4O2/c1-3-14-17-11(2)12(18-14)9-19-8-4-6-15(21,10-19)7-5-13(16)20/h21H,3-10H2,1-2H3,(H2,16,20)(H,17,18). The molecule has 0 bridgehead atoms. The first kappa shape index (κ1) is 16.0. The Bertz CT molecular complexity index is 500. The first-order valence-electron chi connectivity index (χ1n) is 7.69. The van der Waals surface area contributed by atoms with Crippen LogP contribution in [0.4, 0.5) is 0 Å². The number of aromatic amines is 1. The van der Waals surface area contributed by atoms with Crippen molar-refractivity contribution in [2.45, 2.75) is 58.1 Å². The average Bonchev–Trinajstić information content (AvgIpc) is 2.77. The zero-order chi connectivity index (χ0) is 15.5. The zero-order valence-electron chi connectivity index (χ0n) is 13.0. The van der Waals surface area contributed by atoms with Crippen LogP contribution in [0.15, 0.2) is 0 Å². The highest BCUT2D eigenvalue weighted by molar-refractivity contribution is 5.73. The van der Waals surface area contributed by atoms with E-state index in [0.29, 0.717) is 13.0 Å². The van der Waals surface area contributed by atoms with Crippen LogP contribution in [-0.4, -0.2) is 44.6 Å². The summed E-state index contributed by atoms with van der Waals surface area (Å²) in [5, 5.41) is 10.6. The second-order valence-corrected chi connectivity index (χ2v) is 6.11. The number of hydrogen-bond acceptors (Lipinski definition) is 4. The van der Waals surface area contributed by atoms with Crippen LogP contribution in [-0.2, 0) is 17.8 Å². The fraction of sp³-hybridized carbons (Fsp3) is 0.733. The van der Waals surface area contributed by atoms with E-state index in [4.69, 9.17) is 5.73 Å². The van der Waals surface area contributed by atoms with Crippen LogP contribution in [0.5, 0.6) is 0 Å². The molecule has 6 heteroatoms. The van der Waals surface area contributed by atoms with Crippen molar-refractivity contribution in [3.05, 3.63) is 17.2 Å². The number of carbonyl (C=O) groups excluding carboxylic acids is 1. The fourth-order valence-corrected chi connectivity index (χ4v) is 3.00. The van der Waals surface area contributed by atoms with Crippen LogP contribution in [0.25, 0.3) is 0 Å². The Hall–Kier alpha value is -1.40. The summed E-state index contributed by atoms with van der Waals surface area (Å²) in [5.41, 5.74) is 6.53. The minimum Gasteiger partial charge on any atom is -0.389 e. The minimum atomic E-state index is -0.801. The van der Waals surface area contributed by atoms with Gasteiger partial charge in [0.05, 0.1) is 11.3 Å². The summed E-state index contributed by atoms with van der Waals surface area (Å²) >= 11 is 0. The summed E-state index contributed by atoms with van der Waals surface area (Å²) < 4.78 is 0. The molecule has 1 aliphatic heterocycles. The summed E-state index contributed by atoms with van der Waals surface area (Å²) in [4.78, 5) is 21.0. The predicted molar refractivity (Wildman–Crippen MR) is 80.6 cm³/mol. The summed E-state index contributed by atoms with van der Waals surface area (Å²) in [6.07, 6.45) is 3.24. The topological polar surface area (TPSA) is 95.2 Å². The Labute approximate surface area is 125 Å². The third-order valence-electron chi connectivity index (χ3n) is 4.21. The molecule has 0 aliphatic carbocycles. The smallest absolute Gasteiger partial charge is 0.217 e. The molecule has 0 spiro atoms. The summed E-state index contributed by atoms with van der Waals surface area (Å²) in [6.45, 7) is 6.37. The lowest BCUT2D eigenvalue weighted by Gasteiger charge is -2.39. The molecule has 1 saturated heterocycles. The molecule has 118 valence electrons. The van der Waals surface area contributed by atoms with Gasteiger partial charge < -0.3 is 15.8 Å². The van der Waals surface area contributed by atoms with E-state index in [9.17, 15) is 9.90 Å². The number of likely N-dealkylation sites (tertiary alicyclic amines) is 1. The Kier molecular flexibility index (Phi) is 5.00. The largest absolute Gasteiger partial charge is 0.389 e. The molecule has 0 aromatic carbocycles. The van der Waals surface area contributed by atoms with Crippen LogP contribution in [0.3, 0.4) is 0 Å². The summed E-state index contributed by atoms with van der Waals surface area (Å²) in [5.74, 6) is 0.653. The van der Waals surface area contributed by atoms with Crippen molar-refractivity contribution in [3.63, 3.8) is 0 Å². The number of β-amino-alcohol motifs (C(OH)–C–C–N with tert-alkyl or cyclic N) is 1. The van der Waals surface area contributed by atoms with Gasteiger partial charge in [-0.15, -0.1) is 0 Å². The van der Waals surface area contributed by atoms with Crippen molar-refractivity contribution in [1.82, 2.24) is 14.9 Å². The first-order chi connectivity index (χ1) is 9.92. The number of carbonyl (C=O) groups is 1. The Morgan fingerprint density at radius 2 is 2.33 bits per heavy atom. The van der Waals surface area contributed by atoms with E-state index in [-0.39, 0.29) is 12.3 Å². The number of primary amides is 1. The SMILES string of the molecule is CCc1nc(CN2CCCC(O)(CCC(N)=O)C2)c(C)[nH]1. The molecule has 1 amide bonds. The quantitative estimate of drug-likeness (QED) is 0.725. The number of aryl methyl sites for hydroxylation is 2. The number of nitrogens with two attached hydrogens (primary N) is 1. The van der Waals surface area contributed by atoms with Crippen molar-refractivity contribution in [1.29, 1.82) is 0 Å². The second kappa shape index (κ2) is 6.58. The van der Waals surface area contributed by atoms with Crippen LogP contribution >= 0.6 is 0 Å². The van der Waals surface area contributed by atoms with Gasteiger partial charge in [0, 0.05) is 31.6 Å². The molecule has 0 radical (unpaired) electrons. The van der Waals surface area contributed by atoms with Crippen LogP contribution < -0.4 is 5.73 Å². The van der Waals surface area contributed by atoms with Gasteiger partial charge in [0.25, 0.3) is 0 Å². The Morgan fingerprint density at radius 3 is 2.95 bits per heavy atom. The molecule has 4 N–H and O–H groups in total. The molecule has 21 heavy (non-hydrogen) atoms. The van der Waals surface area contributed by atoms with Gasteiger partial charge in [-0.2, -0.15) is 0 Å². The molecule has 2 heterocycles. The lowest BCUT2D eigenvalue weighted by atomic mass is 9.88. The molecule has 1 aromatic heterocycles. The Balaban J connectivity index is 1.97. The van der Waals surface area contributed by atoms with Crippen molar-refractivity contribution < 1.29 is 9.90 Å². The average molecular weight is 294 g/mol. The molecule has 1 atom stereocenters. The fourth-order valence-electron chi connectivity index (χ4n) is 3.00. The number of imidazole rings is 1. The van der Waals surface area contributed by atoms with E-state index in [1.165, 1.54) is 0 Å². The number of hydrogen-bond donors (Lipinski definition) is 3. The number of aliphatic hydroxyl groups is 1. The van der Waals surface area contributed by atoms with Crippen LogP contribution in [0.1, 0.15) is 49.8 Å². The molecule has 2 rings (SSSR count). The van der Waals surface area contributed by atoms with Crippen molar-refractivity contribution in [2.24, 2.45) is 5.73 Å². The van der Waals surface area contributed by atoms with Crippen LogP contribution in [0, 0.1) is 6.92 Å². The number of nitrogens with one attached hydrogen (secondary N) is 1. The van der Waals surface area contributed by atoms with Gasteiger partial charge >= 0.3 is 0 Å². The van der Waals surface area contributed by atoms with Gasteiger partial charge in [0.15, 0.2) is 0 Å². The van der Waals surface area contributed by atoms with E-state index in [1.54, 1.807) is 0 Å². The molecule has 0 saturated carbocycles. The van der Waals surface area contributed by atoms with Gasteiger partial charge in [0.1, 0.15) is 5.82 Å². The normalized spacial score (nSPS) is 23.4. The third kappa shape index (κ3) is 4.28. The van der Waals surface area contributed by atoms with Gasteiger partial charge in [-0.1, -0.05) is 6.92 Å². The highest BCUT2D eigenvalue weighted by Gasteiger charge is 2.33. The maximum atomic E-state index is 10.9. The Morgan fingerprint density at radius 1 is 1.57 bits per heavy atom. The van der Waals surface area contributed by atoms with E-state index in [1.807, 2.05) is 6.92 Å². The molecule has 1 aromatic rings. The maximum absolute atomic E-state index is 10.9. The van der Waals surface area contributed by atoms with E-state index in [2.05, 4.69) is 21.8 Å². The number of nitrogens with zero attached hydrogens (tertiary/aromatic N) is 2. The van der Waals surface area contributed by atoms with Gasteiger partial charge in [-0.05, 0) is 32.7 Å². The van der Waals surface area contributed by atoms with Crippen molar-refractivity contribution >= 4 is 5.91 Å². The van der Waals surface area contributed by atoms with E-state index < -0.39 is 5.60 Å².